The number of carbonyl (C=O) groups is 1. The molecule has 0 atom stereocenters. The Labute approximate surface area is 126 Å². The highest BCUT2D eigenvalue weighted by atomic mass is 32.2. The lowest BCUT2D eigenvalue weighted by atomic mass is 10.2. The Morgan fingerprint density at radius 2 is 1.90 bits per heavy atom. The van der Waals surface area contributed by atoms with Gasteiger partial charge in [0, 0.05) is 11.1 Å². The Hall–Kier alpha value is -1.93. The normalized spacial score (nSPS) is 11.6. The molecule has 2 N–H and O–H groups in total. The summed E-state index contributed by atoms with van der Waals surface area (Å²) in [6.07, 6.45) is 0. The molecule has 0 aliphatic carbocycles. The quantitative estimate of drug-likeness (QED) is 0.880. The molecular weight excluding hydrogens is 312 g/mol. The molecule has 0 radical (unpaired) electrons. The zero-order chi connectivity index (χ0) is 15.6. The molecule has 21 heavy (non-hydrogen) atoms. The van der Waals surface area contributed by atoms with E-state index in [1.165, 1.54) is 24.3 Å². The van der Waals surface area contributed by atoms with Crippen molar-refractivity contribution in [2.24, 2.45) is 0 Å². The first-order valence-electron chi connectivity index (χ1n) is 6.11. The Kier molecular flexibility index (Phi) is 4.29. The number of nitrogens with one attached hydrogen (secondary N) is 1. The summed E-state index contributed by atoms with van der Waals surface area (Å²) in [6, 6.07) is 5.47. The molecule has 2 rings (SSSR count). The van der Waals surface area contributed by atoms with Crippen molar-refractivity contribution < 1.29 is 18.3 Å². The van der Waals surface area contributed by atoms with Gasteiger partial charge in [0.2, 0.25) is 4.34 Å². The van der Waals surface area contributed by atoms with Crippen LogP contribution in [0.2, 0.25) is 0 Å². The third-order valence-electron chi connectivity index (χ3n) is 2.71. The predicted molar refractivity (Wildman–Crippen MR) is 80.4 cm³/mol. The second-order valence-corrected chi connectivity index (χ2v) is 7.40. The lowest BCUT2D eigenvalue weighted by Crippen LogP contribution is -2.13. The molecule has 112 valence electrons. The molecule has 6 nitrogen and oxygen atoms in total. The third-order valence-corrected chi connectivity index (χ3v) is 5.36. The van der Waals surface area contributed by atoms with Crippen LogP contribution in [0.4, 0.5) is 5.69 Å². The van der Waals surface area contributed by atoms with Crippen LogP contribution in [0.3, 0.4) is 0 Å². The number of carboxylic acid groups (broad SMARTS) is 1. The zero-order valence-electron chi connectivity index (χ0n) is 11.4. The average Bonchev–Trinajstić information content (AvgIpc) is 2.89. The van der Waals surface area contributed by atoms with Gasteiger partial charge in [-0.1, -0.05) is 13.8 Å². The van der Waals surface area contributed by atoms with Crippen molar-refractivity contribution in [1.29, 1.82) is 0 Å². The highest BCUT2D eigenvalue weighted by Crippen LogP contribution is 2.23. The van der Waals surface area contributed by atoms with Gasteiger partial charge in [0.1, 0.15) is 0 Å². The molecule has 1 heterocycles. The van der Waals surface area contributed by atoms with Gasteiger partial charge in [-0.05, 0) is 30.2 Å². The van der Waals surface area contributed by atoms with Gasteiger partial charge in [-0.3, -0.25) is 4.72 Å². The molecular formula is C13H14N2O4S2. The molecule has 0 fully saturated rings. The van der Waals surface area contributed by atoms with E-state index in [0.717, 1.165) is 17.0 Å². The van der Waals surface area contributed by atoms with E-state index in [9.17, 15) is 13.2 Å². The van der Waals surface area contributed by atoms with Crippen LogP contribution in [-0.4, -0.2) is 24.5 Å². The van der Waals surface area contributed by atoms with E-state index in [1.807, 2.05) is 13.8 Å². The van der Waals surface area contributed by atoms with Crippen molar-refractivity contribution >= 4 is 33.0 Å². The number of anilines is 1. The highest BCUT2D eigenvalue weighted by Gasteiger charge is 2.19. The second kappa shape index (κ2) is 5.82. The third kappa shape index (κ3) is 3.59. The van der Waals surface area contributed by atoms with Gasteiger partial charge in [-0.2, -0.15) is 8.42 Å². The zero-order valence-corrected chi connectivity index (χ0v) is 13.0. The Morgan fingerprint density at radius 1 is 1.29 bits per heavy atom. The first-order chi connectivity index (χ1) is 9.79. The summed E-state index contributed by atoms with van der Waals surface area (Å²) in [5.74, 6) is -0.911. The number of aromatic nitrogens is 1. The van der Waals surface area contributed by atoms with Crippen molar-refractivity contribution in [1.82, 2.24) is 4.98 Å². The van der Waals surface area contributed by atoms with E-state index in [-0.39, 0.29) is 15.8 Å². The topological polar surface area (TPSA) is 96.4 Å². The van der Waals surface area contributed by atoms with Crippen molar-refractivity contribution in [2.45, 2.75) is 24.1 Å². The van der Waals surface area contributed by atoms with Crippen LogP contribution in [0.1, 0.15) is 35.8 Å². The summed E-state index contributed by atoms with van der Waals surface area (Å²) in [5.41, 5.74) is 1.11. The lowest BCUT2D eigenvalue weighted by molar-refractivity contribution is 0.0697. The molecule has 0 unspecified atom stereocenters. The van der Waals surface area contributed by atoms with Crippen LogP contribution in [-0.2, 0) is 10.0 Å². The average molecular weight is 326 g/mol. The predicted octanol–water partition coefficient (Wildman–Crippen LogP) is 2.77. The molecule has 0 bridgehead atoms. The van der Waals surface area contributed by atoms with E-state index < -0.39 is 16.0 Å². The van der Waals surface area contributed by atoms with Gasteiger partial charge in [0.05, 0.1) is 11.3 Å². The number of aromatic carboxylic acids is 1. The molecule has 0 aliphatic rings. The molecule has 2 aromatic rings. The maximum atomic E-state index is 12.2. The maximum absolute atomic E-state index is 12.2. The van der Waals surface area contributed by atoms with E-state index in [0.29, 0.717) is 5.69 Å². The minimum Gasteiger partial charge on any atom is -0.478 e. The summed E-state index contributed by atoms with van der Waals surface area (Å²) < 4.78 is 26.7. The molecule has 0 spiro atoms. The molecule has 1 aromatic heterocycles. The fraction of sp³-hybridized carbons (Fsp3) is 0.231. The molecule has 0 saturated heterocycles. The number of sulfonamides is 1. The van der Waals surface area contributed by atoms with Gasteiger partial charge in [-0.15, -0.1) is 11.3 Å². The monoisotopic (exact) mass is 326 g/mol. The van der Waals surface area contributed by atoms with Crippen molar-refractivity contribution in [3.63, 3.8) is 0 Å². The van der Waals surface area contributed by atoms with Crippen molar-refractivity contribution in [3.05, 3.63) is 40.9 Å². The number of hydrogen-bond acceptors (Lipinski definition) is 5. The van der Waals surface area contributed by atoms with Gasteiger partial charge >= 0.3 is 5.97 Å². The summed E-state index contributed by atoms with van der Waals surface area (Å²) in [4.78, 5) is 14.8. The number of carboxylic acids is 1. The van der Waals surface area contributed by atoms with Crippen LogP contribution in [0.5, 0.6) is 0 Å². The highest BCUT2D eigenvalue weighted by molar-refractivity contribution is 7.94. The van der Waals surface area contributed by atoms with Crippen molar-refractivity contribution in [3.8, 4) is 0 Å². The number of thiazole rings is 1. The van der Waals surface area contributed by atoms with Crippen LogP contribution in [0.25, 0.3) is 0 Å². The first kappa shape index (κ1) is 15.5. The molecule has 1 aromatic carbocycles. The Bertz CT molecular complexity index is 749. The summed E-state index contributed by atoms with van der Waals surface area (Å²) in [7, 11) is -3.75. The number of nitrogens with zero attached hydrogens (tertiary/aromatic N) is 1. The smallest absolute Gasteiger partial charge is 0.335 e. The minimum atomic E-state index is -3.75. The number of benzene rings is 1. The molecule has 0 amide bonds. The fourth-order valence-corrected chi connectivity index (χ4v) is 3.78. The van der Waals surface area contributed by atoms with Crippen LogP contribution in [0, 0.1) is 0 Å². The SMILES string of the molecule is CC(C)c1csc(S(=O)(=O)Nc2ccc(C(=O)O)cc2)n1. The lowest BCUT2D eigenvalue weighted by Gasteiger charge is -2.05. The standard InChI is InChI=1S/C13H14N2O4S2/c1-8(2)11-7-20-13(14-11)21(18,19)15-10-5-3-9(4-6-10)12(16)17/h3-8,15H,1-2H3,(H,16,17). The maximum Gasteiger partial charge on any atom is 0.335 e. The Morgan fingerprint density at radius 3 is 2.38 bits per heavy atom. The summed E-state index contributed by atoms with van der Waals surface area (Å²) in [5, 5.41) is 10.5. The number of rotatable bonds is 5. The summed E-state index contributed by atoms with van der Waals surface area (Å²) >= 11 is 1.06. The van der Waals surface area contributed by atoms with Crippen molar-refractivity contribution in [2.75, 3.05) is 4.72 Å². The largest absolute Gasteiger partial charge is 0.478 e. The van der Waals surface area contributed by atoms with E-state index in [1.54, 1.807) is 5.38 Å². The number of hydrogen-bond donors (Lipinski definition) is 2. The van der Waals surface area contributed by atoms with Gasteiger partial charge in [-0.25, -0.2) is 9.78 Å². The molecule has 0 aliphatic heterocycles. The molecule has 0 saturated carbocycles. The summed E-state index contributed by atoms with van der Waals surface area (Å²) in [6.45, 7) is 3.87. The van der Waals surface area contributed by atoms with Gasteiger partial charge in [0.15, 0.2) is 0 Å². The van der Waals surface area contributed by atoms with E-state index >= 15 is 0 Å². The second-order valence-electron chi connectivity index (χ2n) is 4.68. The van der Waals surface area contributed by atoms with Crippen LogP contribution < -0.4 is 4.72 Å². The van der Waals surface area contributed by atoms with E-state index in [2.05, 4.69) is 9.71 Å². The van der Waals surface area contributed by atoms with E-state index in [4.69, 9.17) is 5.11 Å². The minimum absolute atomic E-state index is 0.00601. The van der Waals surface area contributed by atoms with Crippen LogP contribution >= 0.6 is 11.3 Å². The Balaban J connectivity index is 2.22. The first-order valence-corrected chi connectivity index (χ1v) is 8.47. The van der Waals surface area contributed by atoms with Gasteiger partial charge < -0.3 is 5.11 Å². The molecule has 8 heteroatoms. The fourth-order valence-electron chi connectivity index (χ4n) is 1.54. The van der Waals surface area contributed by atoms with Crippen LogP contribution in [0.15, 0.2) is 34.0 Å². The van der Waals surface area contributed by atoms with Gasteiger partial charge in [0.25, 0.3) is 10.0 Å².